The Balaban J connectivity index is 1.89. The van der Waals surface area contributed by atoms with Crippen molar-refractivity contribution in [2.75, 3.05) is 6.54 Å². The zero-order valence-corrected chi connectivity index (χ0v) is 18.1. The number of carboxylic acid groups (broad SMARTS) is 1. The van der Waals surface area contributed by atoms with Crippen LogP contribution in [0.3, 0.4) is 0 Å². The highest BCUT2D eigenvalue weighted by molar-refractivity contribution is 5.94. The lowest BCUT2D eigenvalue weighted by atomic mass is 9.86. The predicted octanol–water partition coefficient (Wildman–Crippen LogP) is 5.93. The number of nitrogens with zero attached hydrogens (tertiary/aromatic N) is 1. The number of halogens is 6. The molecule has 1 aromatic heterocycles. The molecule has 2 aromatic carbocycles. The first kappa shape index (κ1) is 26.0. The van der Waals surface area contributed by atoms with Crippen molar-refractivity contribution in [3.8, 4) is 0 Å². The minimum atomic E-state index is -4.62. The van der Waals surface area contributed by atoms with E-state index < -0.39 is 42.3 Å². The molecule has 0 bridgehead atoms. The zero-order chi connectivity index (χ0) is 25.8. The molecule has 2 N–H and O–H groups in total. The van der Waals surface area contributed by atoms with Crippen LogP contribution in [-0.2, 0) is 11.0 Å². The second kappa shape index (κ2) is 10.3. The van der Waals surface area contributed by atoms with Crippen LogP contribution in [0.25, 0.3) is 10.9 Å². The summed E-state index contributed by atoms with van der Waals surface area (Å²) in [6.45, 7) is -0.0781. The van der Waals surface area contributed by atoms with Gasteiger partial charge in [-0.1, -0.05) is 24.3 Å². The number of carbonyl (C=O) groups excluding carboxylic acids is 1. The Kier molecular flexibility index (Phi) is 7.67. The minimum absolute atomic E-state index is 0.0616. The van der Waals surface area contributed by atoms with E-state index in [4.69, 9.17) is 5.11 Å². The average molecular weight is 498 g/mol. The lowest BCUT2D eigenvalue weighted by molar-refractivity contribution is -0.141. The number of benzene rings is 2. The average Bonchev–Trinajstić information content (AvgIpc) is 2.77. The van der Waals surface area contributed by atoms with Gasteiger partial charge in [0.05, 0.1) is 11.9 Å². The number of amides is 1. The third-order valence-electron chi connectivity index (χ3n) is 5.32. The van der Waals surface area contributed by atoms with Crippen molar-refractivity contribution < 1.29 is 41.0 Å². The van der Waals surface area contributed by atoms with Crippen molar-refractivity contribution in [1.29, 1.82) is 0 Å². The topological polar surface area (TPSA) is 79.3 Å². The molecule has 3 aromatic rings. The smallest absolute Gasteiger partial charge is 0.433 e. The van der Waals surface area contributed by atoms with E-state index >= 15 is 0 Å². The van der Waals surface area contributed by atoms with E-state index in [2.05, 4.69) is 10.3 Å². The lowest BCUT2D eigenvalue weighted by Gasteiger charge is -2.20. The molecule has 0 spiro atoms. The van der Waals surface area contributed by atoms with Crippen LogP contribution < -0.4 is 5.32 Å². The minimum Gasteiger partial charge on any atom is -0.481 e. The van der Waals surface area contributed by atoms with Gasteiger partial charge in [0, 0.05) is 29.8 Å². The fourth-order valence-electron chi connectivity index (χ4n) is 3.60. The number of carbonyl (C=O) groups is 2. The van der Waals surface area contributed by atoms with Gasteiger partial charge in [-0.3, -0.25) is 9.59 Å². The summed E-state index contributed by atoms with van der Waals surface area (Å²) < 4.78 is 77.8. The molecule has 0 fully saturated rings. The third kappa shape index (κ3) is 7.17. The number of hydrogen-bond donors (Lipinski definition) is 2. The number of carboxylic acids is 1. The molecule has 1 atom stereocenters. The first-order chi connectivity index (χ1) is 16.3. The van der Waals surface area contributed by atoms with Gasteiger partial charge in [-0.2, -0.15) is 26.3 Å². The monoisotopic (exact) mass is 498 g/mol. The molecule has 0 saturated heterocycles. The molecule has 0 saturated carbocycles. The highest BCUT2D eigenvalue weighted by Gasteiger charge is 2.33. The van der Waals surface area contributed by atoms with Crippen LogP contribution in [0.5, 0.6) is 0 Å². The molecule has 11 heteroatoms. The van der Waals surface area contributed by atoms with E-state index in [1.165, 1.54) is 48.5 Å². The number of aromatic nitrogens is 1. The van der Waals surface area contributed by atoms with Crippen LogP contribution in [0.4, 0.5) is 26.3 Å². The molecule has 3 rings (SSSR count). The molecule has 1 unspecified atom stereocenters. The maximum atomic E-state index is 13.0. The van der Waals surface area contributed by atoms with Gasteiger partial charge in [0.2, 0.25) is 0 Å². The molecule has 0 aliphatic rings. The van der Waals surface area contributed by atoms with Gasteiger partial charge in [0.15, 0.2) is 0 Å². The Labute approximate surface area is 195 Å². The van der Waals surface area contributed by atoms with Crippen molar-refractivity contribution >= 4 is 22.8 Å². The van der Waals surface area contributed by atoms with E-state index in [1.54, 1.807) is 0 Å². The fraction of sp³-hybridized carbons (Fsp3) is 0.292. The number of aliphatic carboxylic acids is 1. The van der Waals surface area contributed by atoms with Crippen LogP contribution >= 0.6 is 0 Å². The van der Waals surface area contributed by atoms with Crippen molar-refractivity contribution in [3.63, 3.8) is 0 Å². The highest BCUT2D eigenvalue weighted by Crippen LogP contribution is 2.36. The van der Waals surface area contributed by atoms with Gasteiger partial charge in [0.1, 0.15) is 5.69 Å². The second-order valence-electron chi connectivity index (χ2n) is 7.87. The number of hydrogen-bond acceptors (Lipinski definition) is 3. The van der Waals surface area contributed by atoms with Gasteiger partial charge in [-0.15, -0.1) is 0 Å². The number of fused-ring (bicyclic) bond motifs is 1. The van der Waals surface area contributed by atoms with E-state index in [1.807, 2.05) is 0 Å². The summed E-state index contributed by atoms with van der Waals surface area (Å²) in [6.07, 6.45) is -10.7. The largest absolute Gasteiger partial charge is 0.481 e. The van der Waals surface area contributed by atoms with Crippen LogP contribution in [0.15, 0.2) is 54.6 Å². The molecule has 5 nitrogen and oxygen atoms in total. The molecule has 1 amide bonds. The summed E-state index contributed by atoms with van der Waals surface area (Å²) in [5, 5.41) is 11.4. The summed E-state index contributed by atoms with van der Waals surface area (Å²) in [5.41, 5.74) is 0.142. The van der Waals surface area contributed by atoms with Crippen molar-refractivity contribution in [1.82, 2.24) is 10.3 Å². The van der Waals surface area contributed by atoms with E-state index in [0.717, 1.165) is 6.07 Å². The summed E-state index contributed by atoms with van der Waals surface area (Å²) in [4.78, 5) is 26.3. The number of pyridine rings is 1. The first-order valence-corrected chi connectivity index (χ1v) is 10.5. The van der Waals surface area contributed by atoms with Gasteiger partial charge in [0.25, 0.3) is 5.91 Å². The predicted molar refractivity (Wildman–Crippen MR) is 115 cm³/mol. The van der Waals surface area contributed by atoms with Crippen LogP contribution in [0, 0.1) is 0 Å². The van der Waals surface area contributed by atoms with Gasteiger partial charge in [-0.05, 0) is 47.9 Å². The Morgan fingerprint density at radius 1 is 0.914 bits per heavy atom. The summed E-state index contributed by atoms with van der Waals surface area (Å²) in [6, 6.07) is 12.2. The Bertz CT molecular complexity index is 1210. The highest BCUT2D eigenvalue weighted by atomic mass is 19.4. The Morgan fingerprint density at radius 3 is 2.17 bits per heavy atom. The van der Waals surface area contributed by atoms with E-state index in [9.17, 15) is 35.9 Å². The standard InChI is InChI=1S/C24H20F6N2O3/c25-23(26,27)11-9-18(14-1-3-15(4-2-14)22(35)31-12-10-21(33)34)16-5-7-19-17(13-16)6-8-20(32-19)24(28,29)30/h1-8,13,18H,9-12H2,(H,31,35)(H,33,34). The molecule has 186 valence electrons. The second-order valence-corrected chi connectivity index (χ2v) is 7.87. The summed E-state index contributed by atoms with van der Waals surface area (Å²) in [5.74, 6) is -2.34. The Hall–Kier alpha value is -3.63. The maximum absolute atomic E-state index is 13.0. The molecular weight excluding hydrogens is 478 g/mol. The van der Waals surface area contributed by atoms with Crippen molar-refractivity contribution in [3.05, 3.63) is 77.0 Å². The van der Waals surface area contributed by atoms with Crippen LogP contribution in [0.1, 0.15) is 52.4 Å². The van der Waals surface area contributed by atoms with Gasteiger partial charge < -0.3 is 10.4 Å². The summed E-state index contributed by atoms with van der Waals surface area (Å²) in [7, 11) is 0. The molecule has 35 heavy (non-hydrogen) atoms. The molecule has 0 radical (unpaired) electrons. The fourth-order valence-corrected chi connectivity index (χ4v) is 3.60. The Morgan fingerprint density at radius 2 is 1.57 bits per heavy atom. The van der Waals surface area contributed by atoms with E-state index in [0.29, 0.717) is 16.5 Å². The first-order valence-electron chi connectivity index (χ1n) is 10.5. The SMILES string of the molecule is O=C(O)CCNC(=O)c1ccc(C(CCC(F)(F)F)c2ccc3nc(C(F)(F)F)ccc3c2)cc1. The quantitative estimate of drug-likeness (QED) is 0.377. The molecule has 1 heterocycles. The van der Waals surface area contributed by atoms with Crippen molar-refractivity contribution in [2.24, 2.45) is 0 Å². The van der Waals surface area contributed by atoms with Gasteiger partial charge >= 0.3 is 18.3 Å². The normalized spacial score (nSPS) is 13.0. The number of nitrogens with one attached hydrogen (secondary N) is 1. The number of rotatable bonds is 8. The third-order valence-corrected chi connectivity index (χ3v) is 5.32. The summed E-state index contributed by atoms with van der Waals surface area (Å²) >= 11 is 0. The van der Waals surface area contributed by atoms with Gasteiger partial charge in [-0.25, -0.2) is 4.98 Å². The van der Waals surface area contributed by atoms with Crippen molar-refractivity contribution in [2.45, 2.75) is 37.5 Å². The maximum Gasteiger partial charge on any atom is 0.433 e. The van der Waals surface area contributed by atoms with E-state index in [-0.39, 0.29) is 30.5 Å². The van der Waals surface area contributed by atoms with Crippen LogP contribution in [0.2, 0.25) is 0 Å². The molecule has 0 aliphatic carbocycles. The molecular formula is C24H20F6N2O3. The molecule has 0 aliphatic heterocycles. The lowest BCUT2D eigenvalue weighted by Crippen LogP contribution is -2.25. The van der Waals surface area contributed by atoms with Crippen LogP contribution in [-0.4, -0.2) is 34.7 Å². The zero-order valence-electron chi connectivity index (χ0n) is 18.1. The number of alkyl halides is 6.